The van der Waals surface area contributed by atoms with E-state index >= 15 is 0 Å². The van der Waals surface area contributed by atoms with Crippen LogP contribution in [0.5, 0.6) is 5.75 Å². The number of ether oxygens (including phenoxy) is 1. The lowest BCUT2D eigenvalue weighted by atomic mass is 9.78. The average molecular weight is 386 g/mol. The second kappa shape index (κ2) is 9.27. The molecule has 3 fully saturated rings. The largest absolute Gasteiger partial charge is 0.496 e. The quantitative estimate of drug-likeness (QED) is 0.784. The fourth-order valence-electron chi connectivity index (χ4n) is 5.43. The first-order valence-electron chi connectivity index (χ1n) is 11.1. The van der Waals surface area contributed by atoms with Gasteiger partial charge in [-0.3, -0.25) is 9.69 Å². The number of amides is 1. The van der Waals surface area contributed by atoms with Gasteiger partial charge < -0.3 is 15.0 Å². The lowest BCUT2D eigenvalue weighted by molar-refractivity contribution is -0.123. The summed E-state index contributed by atoms with van der Waals surface area (Å²) in [6, 6.07) is 8.80. The van der Waals surface area contributed by atoms with Gasteiger partial charge in [0.15, 0.2) is 0 Å². The molecule has 1 amide bonds. The molecule has 3 atom stereocenters. The minimum atomic E-state index is 0.275. The molecule has 1 saturated carbocycles. The number of piperazine rings is 1. The first-order valence-corrected chi connectivity index (χ1v) is 11.1. The Morgan fingerprint density at radius 2 is 1.82 bits per heavy atom. The summed E-state index contributed by atoms with van der Waals surface area (Å²) >= 11 is 0. The van der Waals surface area contributed by atoms with Gasteiger partial charge in [-0.05, 0) is 44.2 Å². The highest BCUT2D eigenvalue weighted by Gasteiger charge is 2.42. The van der Waals surface area contributed by atoms with Crippen LogP contribution in [0.3, 0.4) is 0 Å². The van der Waals surface area contributed by atoms with Gasteiger partial charge in [-0.15, -0.1) is 0 Å². The Morgan fingerprint density at radius 1 is 1.07 bits per heavy atom. The molecule has 2 aliphatic heterocycles. The summed E-state index contributed by atoms with van der Waals surface area (Å²) in [5, 5.41) is 3.26. The number of methoxy groups -OCH3 is 1. The van der Waals surface area contributed by atoms with Gasteiger partial charge in [0.25, 0.3) is 0 Å². The number of nitrogens with zero attached hydrogens (tertiary/aromatic N) is 2. The van der Waals surface area contributed by atoms with Crippen molar-refractivity contribution in [1.82, 2.24) is 15.1 Å². The number of hydrogen-bond donors (Lipinski definition) is 1. The van der Waals surface area contributed by atoms with E-state index in [0.717, 1.165) is 57.9 Å². The van der Waals surface area contributed by atoms with Crippen molar-refractivity contribution in [2.75, 3.05) is 39.8 Å². The van der Waals surface area contributed by atoms with Crippen LogP contribution in [-0.2, 0) is 11.3 Å². The van der Waals surface area contributed by atoms with Crippen molar-refractivity contribution in [2.45, 2.75) is 51.1 Å². The van der Waals surface area contributed by atoms with Gasteiger partial charge in [0.2, 0.25) is 5.91 Å². The molecule has 1 aromatic rings. The van der Waals surface area contributed by atoms with Crippen LogP contribution in [0, 0.1) is 11.8 Å². The molecular weight excluding hydrogens is 350 g/mol. The molecule has 1 N–H and O–H groups in total. The number of nitrogens with one attached hydrogen (secondary N) is 1. The van der Waals surface area contributed by atoms with Crippen molar-refractivity contribution in [2.24, 2.45) is 11.8 Å². The zero-order valence-electron chi connectivity index (χ0n) is 17.2. The Labute approximate surface area is 169 Å². The van der Waals surface area contributed by atoms with Gasteiger partial charge >= 0.3 is 0 Å². The summed E-state index contributed by atoms with van der Waals surface area (Å²) in [5.41, 5.74) is 1.27. The summed E-state index contributed by atoms with van der Waals surface area (Å²) in [6.45, 7) is 6.54. The number of carbonyl (C=O) groups is 1. The van der Waals surface area contributed by atoms with E-state index in [0.29, 0.717) is 17.9 Å². The van der Waals surface area contributed by atoms with E-state index in [2.05, 4.69) is 27.2 Å². The molecule has 5 nitrogen and oxygen atoms in total. The van der Waals surface area contributed by atoms with E-state index in [1.54, 1.807) is 7.11 Å². The molecule has 3 aliphatic rings. The Morgan fingerprint density at radius 3 is 2.64 bits per heavy atom. The Balaban J connectivity index is 1.18. The zero-order valence-corrected chi connectivity index (χ0v) is 17.2. The normalized spacial score (nSPS) is 28.8. The average Bonchev–Trinajstić information content (AvgIpc) is 3.05. The molecule has 0 radical (unpaired) electrons. The highest BCUT2D eigenvalue weighted by atomic mass is 16.5. The molecule has 2 saturated heterocycles. The molecular formula is C23H35N3O2. The predicted molar refractivity (Wildman–Crippen MR) is 111 cm³/mol. The SMILES string of the molecule is COc1ccccc1CN1CCN(CCCC2C(=O)NC3CCCCC32)CC1. The second-order valence-electron chi connectivity index (χ2n) is 8.74. The van der Waals surface area contributed by atoms with E-state index in [1.807, 2.05) is 12.1 Å². The van der Waals surface area contributed by atoms with Crippen LogP contribution in [0.15, 0.2) is 24.3 Å². The lowest BCUT2D eigenvalue weighted by Gasteiger charge is -2.35. The minimum absolute atomic E-state index is 0.275. The minimum Gasteiger partial charge on any atom is -0.496 e. The fraction of sp³-hybridized carbons (Fsp3) is 0.696. The number of hydrogen-bond acceptors (Lipinski definition) is 4. The number of para-hydroxylation sites is 1. The molecule has 4 rings (SSSR count). The molecule has 1 aromatic carbocycles. The van der Waals surface area contributed by atoms with Crippen LogP contribution in [0.2, 0.25) is 0 Å². The molecule has 1 aliphatic carbocycles. The lowest BCUT2D eigenvalue weighted by Crippen LogP contribution is -2.46. The van der Waals surface area contributed by atoms with Crippen LogP contribution >= 0.6 is 0 Å². The second-order valence-corrected chi connectivity index (χ2v) is 8.74. The first kappa shape index (κ1) is 19.7. The van der Waals surface area contributed by atoms with Crippen LogP contribution in [-0.4, -0.2) is 61.6 Å². The van der Waals surface area contributed by atoms with Gasteiger partial charge in [0.05, 0.1) is 7.11 Å². The van der Waals surface area contributed by atoms with E-state index in [-0.39, 0.29) is 5.92 Å². The number of carbonyl (C=O) groups excluding carboxylic acids is 1. The maximum absolute atomic E-state index is 12.4. The Hall–Kier alpha value is -1.59. The van der Waals surface area contributed by atoms with Gasteiger partial charge in [-0.2, -0.15) is 0 Å². The van der Waals surface area contributed by atoms with Gasteiger partial charge in [0, 0.05) is 50.2 Å². The summed E-state index contributed by atoms with van der Waals surface area (Å²) in [4.78, 5) is 17.4. The van der Waals surface area contributed by atoms with Gasteiger partial charge in [-0.1, -0.05) is 31.0 Å². The zero-order chi connectivity index (χ0) is 19.3. The van der Waals surface area contributed by atoms with Crippen LogP contribution < -0.4 is 10.1 Å². The summed E-state index contributed by atoms with van der Waals surface area (Å²) < 4.78 is 5.49. The summed E-state index contributed by atoms with van der Waals surface area (Å²) in [6.07, 6.45) is 7.24. The molecule has 3 unspecified atom stereocenters. The van der Waals surface area contributed by atoms with Crippen molar-refractivity contribution < 1.29 is 9.53 Å². The number of fused-ring (bicyclic) bond motifs is 1. The maximum Gasteiger partial charge on any atom is 0.223 e. The topological polar surface area (TPSA) is 44.8 Å². The van der Waals surface area contributed by atoms with Crippen molar-refractivity contribution >= 4 is 5.91 Å². The third kappa shape index (κ3) is 4.52. The first-order chi connectivity index (χ1) is 13.7. The van der Waals surface area contributed by atoms with Crippen LogP contribution in [0.1, 0.15) is 44.1 Å². The van der Waals surface area contributed by atoms with Crippen molar-refractivity contribution in [3.8, 4) is 5.75 Å². The molecule has 5 heteroatoms. The highest BCUT2D eigenvalue weighted by molar-refractivity contribution is 5.81. The van der Waals surface area contributed by atoms with Crippen molar-refractivity contribution in [1.29, 1.82) is 0 Å². The maximum atomic E-state index is 12.4. The van der Waals surface area contributed by atoms with E-state index in [1.165, 1.54) is 31.2 Å². The Bertz CT molecular complexity index is 657. The molecule has 0 bridgehead atoms. The molecule has 0 aromatic heterocycles. The molecule has 28 heavy (non-hydrogen) atoms. The monoisotopic (exact) mass is 385 g/mol. The molecule has 154 valence electrons. The smallest absolute Gasteiger partial charge is 0.223 e. The standard InChI is InChI=1S/C23H35N3O2/c1-28-22-11-5-2-7-18(22)17-26-15-13-25(14-16-26)12-6-9-20-19-8-3-4-10-21(19)24-23(20)27/h2,5,7,11,19-21H,3-4,6,8-10,12-17H2,1H3,(H,24,27). The molecule has 0 spiro atoms. The van der Waals surface area contributed by atoms with Crippen molar-refractivity contribution in [3.63, 3.8) is 0 Å². The van der Waals surface area contributed by atoms with Gasteiger partial charge in [-0.25, -0.2) is 0 Å². The van der Waals surface area contributed by atoms with E-state index < -0.39 is 0 Å². The summed E-state index contributed by atoms with van der Waals surface area (Å²) in [5.74, 6) is 2.20. The van der Waals surface area contributed by atoms with E-state index in [9.17, 15) is 4.79 Å². The van der Waals surface area contributed by atoms with E-state index in [4.69, 9.17) is 4.74 Å². The van der Waals surface area contributed by atoms with Crippen molar-refractivity contribution in [3.05, 3.63) is 29.8 Å². The third-order valence-electron chi connectivity index (χ3n) is 7.04. The van der Waals surface area contributed by atoms with Crippen LogP contribution in [0.4, 0.5) is 0 Å². The third-order valence-corrected chi connectivity index (χ3v) is 7.04. The Kier molecular flexibility index (Phi) is 6.53. The number of rotatable bonds is 7. The predicted octanol–water partition coefficient (Wildman–Crippen LogP) is 2.90. The highest BCUT2D eigenvalue weighted by Crippen LogP contribution is 2.37. The fourth-order valence-corrected chi connectivity index (χ4v) is 5.43. The molecule has 2 heterocycles. The summed E-state index contributed by atoms with van der Waals surface area (Å²) in [7, 11) is 1.75. The van der Waals surface area contributed by atoms with Gasteiger partial charge in [0.1, 0.15) is 5.75 Å². The number of benzene rings is 1. The van der Waals surface area contributed by atoms with Crippen LogP contribution in [0.25, 0.3) is 0 Å².